The zero-order valence-corrected chi connectivity index (χ0v) is 9.16. The van der Waals surface area contributed by atoms with Crippen molar-refractivity contribution in [2.24, 2.45) is 0 Å². The molecule has 0 bridgehead atoms. The van der Waals surface area contributed by atoms with Crippen LogP contribution in [0.25, 0.3) is 0 Å². The van der Waals surface area contributed by atoms with Gasteiger partial charge < -0.3 is 9.84 Å². The minimum Gasteiger partial charge on any atom is -0.480 e. The van der Waals surface area contributed by atoms with Gasteiger partial charge in [-0.2, -0.15) is 0 Å². The molecule has 0 rings (SSSR count). The van der Waals surface area contributed by atoms with E-state index in [1.54, 1.807) is 0 Å². The van der Waals surface area contributed by atoms with E-state index in [-0.39, 0.29) is 6.54 Å². The Labute approximate surface area is 85.9 Å². The maximum Gasteiger partial charge on any atom is 0.317 e. The van der Waals surface area contributed by atoms with E-state index in [9.17, 15) is 4.79 Å². The monoisotopic (exact) mass is 203 g/mol. The number of hydrogen-bond acceptors (Lipinski definition) is 3. The number of hydrogen-bond donors (Lipinski definition) is 1. The Morgan fingerprint density at radius 1 is 1.36 bits per heavy atom. The van der Waals surface area contributed by atoms with Crippen LogP contribution >= 0.6 is 0 Å². The van der Waals surface area contributed by atoms with Crippen LogP contribution < -0.4 is 0 Å². The minimum absolute atomic E-state index is 0.105. The first-order valence-electron chi connectivity index (χ1n) is 5.22. The summed E-state index contributed by atoms with van der Waals surface area (Å²) >= 11 is 0. The highest BCUT2D eigenvalue weighted by Crippen LogP contribution is 1.91. The number of ether oxygens (including phenoxy) is 1. The van der Waals surface area contributed by atoms with E-state index in [2.05, 4.69) is 6.92 Å². The van der Waals surface area contributed by atoms with Gasteiger partial charge in [-0.15, -0.1) is 0 Å². The Kier molecular flexibility index (Phi) is 8.57. The van der Waals surface area contributed by atoms with Crippen molar-refractivity contribution in [3.8, 4) is 0 Å². The van der Waals surface area contributed by atoms with Crippen molar-refractivity contribution in [3.63, 3.8) is 0 Å². The van der Waals surface area contributed by atoms with Crippen molar-refractivity contribution in [1.82, 2.24) is 4.90 Å². The largest absolute Gasteiger partial charge is 0.480 e. The van der Waals surface area contributed by atoms with Crippen molar-refractivity contribution in [2.75, 3.05) is 32.8 Å². The number of likely N-dealkylation sites (N-methyl/N-ethyl adjacent to an activating group) is 1. The first-order chi connectivity index (χ1) is 6.70. The number of unbranched alkanes of at least 4 members (excludes halogenated alkanes) is 1. The third-order valence-corrected chi connectivity index (χ3v) is 2.00. The molecule has 14 heavy (non-hydrogen) atoms. The normalized spacial score (nSPS) is 10.8. The first-order valence-corrected chi connectivity index (χ1v) is 5.22. The fourth-order valence-corrected chi connectivity index (χ4v) is 1.08. The van der Waals surface area contributed by atoms with E-state index in [1.165, 1.54) is 0 Å². The van der Waals surface area contributed by atoms with Crippen LogP contribution in [-0.2, 0) is 9.53 Å². The summed E-state index contributed by atoms with van der Waals surface area (Å²) in [5.41, 5.74) is 0. The summed E-state index contributed by atoms with van der Waals surface area (Å²) in [6, 6.07) is 0. The second-order valence-electron chi connectivity index (χ2n) is 3.23. The van der Waals surface area contributed by atoms with Gasteiger partial charge in [-0.1, -0.05) is 20.3 Å². The second-order valence-corrected chi connectivity index (χ2v) is 3.23. The summed E-state index contributed by atoms with van der Waals surface area (Å²) in [6.07, 6.45) is 2.21. The lowest BCUT2D eigenvalue weighted by atomic mass is 10.4. The molecule has 0 aromatic rings. The Morgan fingerprint density at radius 2 is 2.07 bits per heavy atom. The van der Waals surface area contributed by atoms with E-state index in [0.29, 0.717) is 13.2 Å². The number of rotatable bonds is 9. The molecule has 0 unspecified atom stereocenters. The van der Waals surface area contributed by atoms with E-state index >= 15 is 0 Å². The van der Waals surface area contributed by atoms with E-state index in [1.807, 2.05) is 11.8 Å². The zero-order chi connectivity index (χ0) is 10.8. The molecule has 4 heteroatoms. The second kappa shape index (κ2) is 8.97. The van der Waals surface area contributed by atoms with Crippen LogP contribution in [0.5, 0.6) is 0 Å². The Balaban J connectivity index is 3.38. The van der Waals surface area contributed by atoms with Crippen molar-refractivity contribution in [2.45, 2.75) is 26.7 Å². The molecule has 0 heterocycles. The van der Waals surface area contributed by atoms with Crippen LogP contribution in [-0.4, -0.2) is 48.8 Å². The molecule has 0 aliphatic heterocycles. The van der Waals surface area contributed by atoms with Gasteiger partial charge in [0.25, 0.3) is 0 Å². The van der Waals surface area contributed by atoms with Crippen LogP contribution in [0.1, 0.15) is 26.7 Å². The molecule has 0 aliphatic carbocycles. The van der Waals surface area contributed by atoms with Crippen molar-refractivity contribution >= 4 is 5.97 Å². The lowest BCUT2D eigenvalue weighted by Gasteiger charge is -2.17. The number of carboxylic acids is 1. The average Bonchev–Trinajstić information content (AvgIpc) is 2.15. The molecule has 0 amide bonds. The fourth-order valence-electron chi connectivity index (χ4n) is 1.08. The minimum atomic E-state index is -0.777. The average molecular weight is 203 g/mol. The Bertz CT molecular complexity index is 150. The fraction of sp³-hybridized carbons (Fsp3) is 0.900. The lowest BCUT2D eigenvalue weighted by molar-refractivity contribution is -0.138. The predicted molar refractivity (Wildman–Crippen MR) is 55.5 cm³/mol. The summed E-state index contributed by atoms with van der Waals surface area (Å²) < 4.78 is 5.35. The third-order valence-electron chi connectivity index (χ3n) is 2.00. The lowest BCUT2D eigenvalue weighted by Crippen LogP contribution is -2.32. The molecule has 1 N–H and O–H groups in total. The van der Waals surface area contributed by atoms with Crippen LogP contribution in [0.2, 0.25) is 0 Å². The summed E-state index contributed by atoms with van der Waals surface area (Å²) in [5, 5.41) is 8.57. The van der Waals surface area contributed by atoms with Crippen LogP contribution in [0, 0.1) is 0 Å². The van der Waals surface area contributed by atoms with Gasteiger partial charge in [-0.25, -0.2) is 0 Å². The zero-order valence-electron chi connectivity index (χ0n) is 9.16. The van der Waals surface area contributed by atoms with Gasteiger partial charge >= 0.3 is 5.97 Å². The van der Waals surface area contributed by atoms with Gasteiger partial charge in [-0.05, 0) is 13.0 Å². The van der Waals surface area contributed by atoms with Crippen molar-refractivity contribution in [1.29, 1.82) is 0 Å². The standard InChI is InChI=1S/C10H21NO3/c1-3-5-7-14-8-6-11(4-2)9-10(12)13/h3-9H2,1-2H3,(H,12,13). The molecule has 0 spiro atoms. The number of carbonyl (C=O) groups is 1. The molecule has 0 aliphatic rings. The molecule has 0 aromatic carbocycles. The third kappa shape index (κ3) is 8.01. The van der Waals surface area contributed by atoms with E-state index < -0.39 is 5.97 Å². The molecule has 0 saturated carbocycles. The molecule has 0 fully saturated rings. The topological polar surface area (TPSA) is 49.8 Å². The maximum atomic E-state index is 10.4. The van der Waals surface area contributed by atoms with Crippen LogP contribution in [0.4, 0.5) is 0 Å². The Hall–Kier alpha value is -0.610. The SMILES string of the molecule is CCCCOCCN(CC)CC(=O)O. The first kappa shape index (κ1) is 13.4. The molecule has 0 saturated heterocycles. The summed E-state index contributed by atoms with van der Waals surface area (Å²) in [7, 11) is 0. The molecule has 4 nitrogen and oxygen atoms in total. The van der Waals surface area contributed by atoms with Gasteiger partial charge in [0.2, 0.25) is 0 Å². The van der Waals surface area contributed by atoms with E-state index in [4.69, 9.17) is 9.84 Å². The summed E-state index contributed by atoms with van der Waals surface area (Å²) in [4.78, 5) is 12.3. The number of carboxylic acid groups (broad SMARTS) is 1. The number of aliphatic carboxylic acids is 1. The van der Waals surface area contributed by atoms with Gasteiger partial charge in [0.15, 0.2) is 0 Å². The summed E-state index contributed by atoms with van der Waals surface area (Å²) in [6.45, 7) is 7.03. The van der Waals surface area contributed by atoms with Crippen molar-refractivity contribution in [3.05, 3.63) is 0 Å². The molecule has 0 radical (unpaired) electrons. The smallest absolute Gasteiger partial charge is 0.317 e. The Morgan fingerprint density at radius 3 is 2.57 bits per heavy atom. The summed E-state index contributed by atoms with van der Waals surface area (Å²) in [5.74, 6) is -0.777. The maximum absolute atomic E-state index is 10.4. The molecular weight excluding hydrogens is 182 g/mol. The predicted octanol–water partition coefficient (Wildman–Crippen LogP) is 1.21. The van der Waals surface area contributed by atoms with Gasteiger partial charge in [0.05, 0.1) is 13.2 Å². The molecule has 0 atom stereocenters. The van der Waals surface area contributed by atoms with E-state index in [0.717, 1.165) is 26.0 Å². The number of nitrogens with zero attached hydrogens (tertiary/aromatic N) is 1. The van der Waals surface area contributed by atoms with Gasteiger partial charge in [0.1, 0.15) is 0 Å². The molecule has 84 valence electrons. The quantitative estimate of drug-likeness (QED) is 0.572. The highest BCUT2D eigenvalue weighted by molar-refractivity contribution is 5.69. The van der Waals surface area contributed by atoms with Gasteiger partial charge in [-0.3, -0.25) is 9.69 Å². The highest BCUT2D eigenvalue weighted by Gasteiger charge is 2.06. The molecular formula is C10H21NO3. The van der Waals surface area contributed by atoms with Crippen LogP contribution in [0.3, 0.4) is 0 Å². The highest BCUT2D eigenvalue weighted by atomic mass is 16.5. The molecule has 0 aromatic heterocycles. The van der Waals surface area contributed by atoms with Gasteiger partial charge in [0, 0.05) is 13.2 Å². The van der Waals surface area contributed by atoms with Crippen molar-refractivity contribution < 1.29 is 14.6 Å². The van der Waals surface area contributed by atoms with Crippen LogP contribution in [0.15, 0.2) is 0 Å².